The van der Waals surface area contributed by atoms with Gasteiger partial charge in [0, 0.05) is 19.2 Å². The summed E-state index contributed by atoms with van der Waals surface area (Å²) in [6.45, 7) is 3.37. The Hall–Kier alpha value is -0.840. The van der Waals surface area contributed by atoms with Crippen LogP contribution in [0.2, 0.25) is 0 Å². The summed E-state index contributed by atoms with van der Waals surface area (Å²) in [6.07, 6.45) is 7.07. The van der Waals surface area contributed by atoms with E-state index in [1.165, 1.54) is 12.2 Å². The monoisotopic (exact) mass is 282 g/mol. The average Bonchev–Trinajstić information content (AvgIpc) is 2.73. The van der Waals surface area contributed by atoms with Crippen molar-refractivity contribution in [3.8, 4) is 0 Å². The summed E-state index contributed by atoms with van der Waals surface area (Å²) in [4.78, 5) is 4.75. The third-order valence-corrected chi connectivity index (χ3v) is 6.19. The van der Waals surface area contributed by atoms with Crippen LogP contribution in [0.4, 0.5) is 0 Å². The fourth-order valence-electron chi connectivity index (χ4n) is 3.18. The molecule has 0 amide bonds. The van der Waals surface area contributed by atoms with E-state index in [0.717, 1.165) is 43.8 Å². The van der Waals surface area contributed by atoms with Gasteiger partial charge in [-0.3, -0.25) is 0 Å². The number of hydrogen-bond donors (Lipinski definition) is 0. The molecule has 0 aromatic carbocycles. The van der Waals surface area contributed by atoms with Crippen LogP contribution in [0, 0.1) is 11.8 Å². The molecule has 0 N–H and O–H groups in total. The van der Waals surface area contributed by atoms with Gasteiger partial charge in [-0.05, 0) is 37.5 Å². The number of aromatic nitrogens is 2. The first-order valence-electron chi connectivity index (χ1n) is 7.27. The third kappa shape index (κ3) is 3.02. The van der Waals surface area contributed by atoms with Crippen LogP contribution >= 0.6 is 0 Å². The second-order valence-electron chi connectivity index (χ2n) is 6.24. The van der Waals surface area contributed by atoms with E-state index in [-0.39, 0.29) is 0 Å². The standard InChI is InChI=1S/C14H22N2O2S/c1-11-2-5-16-10-13(15-14(16)8-11)9-12-3-6-19(17,18)7-4-12/h10-12H,2-9H2,1H3. The van der Waals surface area contributed by atoms with Crippen LogP contribution in [0.5, 0.6) is 0 Å². The molecule has 0 radical (unpaired) electrons. The molecule has 1 fully saturated rings. The van der Waals surface area contributed by atoms with E-state index < -0.39 is 9.84 Å². The number of aryl methyl sites for hydroxylation is 1. The summed E-state index contributed by atoms with van der Waals surface area (Å²) < 4.78 is 25.1. The minimum Gasteiger partial charge on any atom is -0.335 e. The largest absolute Gasteiger partial charge is 0.335 e. The lowest BCUT2D eigenvalue weighted by atomic mass is 9.97. The third-order valence-electron chi connectivity index (χ3n) is 4.47. The molecule has 0 bridgehead atoms. The van der Waals surface area contributed by atoms with Crippen molar-refractivity contribution in [3.05, 3.63) is 17.7 Å². The van der Waals surface area contributed by atoms with Crippen molar-refractivity contribution in [1.29, 1.82) is 0 Å². The zero-order valence-corrected chi connectivity index (χ0v) is 12.3. The fraction of sp³-hybridized carbons (Fsp3) is 0.786. The second-order valence-corrected chi connectivity index (χ2v) is 8.54. The predicted molar refractivity (Wildman–Crippen MR) is 74.8 cm³/mol. The van der Waals surface area contributed by atoms with Gasteiger partial charge in [-0.1, -0.05) is 6.92 Å². The molecule has 2 aliphatic rings. The number of fused-ring (bicyclic) bond motifs is 1. The summed E-state index contributed by atoms with van der Waals surface area (Å²) in [6, 6.07) is 0. The van der Waals surface area contributed by atoms with Crippen LogP contribution in [0.25, 0.3) is 0 Å². The highest BCUT2D eigenvalue weighted by Crippen LogP contribution is 2.25. The Balaban J connectivity index is 1.65. The Morgan fingerprint density at radius 3 is 2.79 bits per heavy atom. The van der Waals surface area contributed by atoms with Gasteiger partial charge in [0.2, 0.25) is 0 Å². The van der Waals surface area contributed by atoms with E-state index >= 15 is 0 Å². The molecule has 1 aromatic rings. The number of rotatable bonds is 2. The van der Waals surface area contributed by atoms with Crippen molar-refractivity contribution in [1.82, 2.24) is 9.55 Å². The first-order valence-corrected chi connectivity index (χ1v) is 9.09. The molecule has 19 heavy (non-hydrogen) atoms. The van der Waals surface area contributed by atoms with E-state index in [0.29, 0.717) is 17.4 Å². The van der Waals surface area contributed by atoms with Crippen LogP contribution in [0.1, 0.15) is 37.7 Å². The second kappa shape index (κ2) is 4.93. The highest BCUT2D eigenvalue weighted by molar-refractivity contribution is 7.91. The van der Waals surface area contributed by atoms with E-state index in [9.17, 15) is 8.42 Å². The van der Waals surface area contributed by atoms with Crippen molar-refractivity contribution < 1.29 is 8.42 Å². The van der Waals surface area contributed by atoms with Crippen molar-refractivity contribution in [2.45, 2.75) is 45.6 Å². The summed E-state index contributed by atoms with van der Waals surface area (Å²) >= 11 is 0. The number of hydrogen-bond acceptors (Lipinski definition) is 3. The first-order chi connectivity index (χ1) is 9.02. The molecule has 3 heterocycles. The lowest BCUT2D eigenvalue weighted by molar-refractivity contribution is 0.409. The predicted octanol–water partition coefficient (Wildman–Crippen LogP) is 1.83. The van der Waals surface area contributed by atoms with E-state index in [2.05, 4.69) is 17.7 Å². The quantitative estimate of drug-likeness (QED) is 0.831. The minimum absolute atomic E-state index is 0.363. The summed E-state index contributed by atoms with van der Waals surface area (Å²) in [7, 11) is -2.74. The smallest absolute Gasteiger partial charge is 0.150 e. The van der Waals surface area contributed by atoms with Crippen LogP contribution in [0.3, 0.4) is 0 Å². The Morgan fingerprint density at radius 1 is 1.32 bits per heavy atom. The Morgan fingerprint density at radius 2 is 2.05 bits per heavy atom. The molecule has 1 atom stereocenters. The number of sulfone groups is 1. The van der Waals surface area contributed by atoms with E-state index in [4.69, 9.17) is 4.98 Å². The maximum absolute atomic E-state index is 11.4. The van der Waals surface area contributed by atoms with Crippen molar-refractivity contribution in [3.63, 3.8) is 0 Å². The SMILES string of the molecule is CC1CCn2cc(CC3CCS(=O)(=O)CC3)nc2C1. The molecule has 106 valence electrons. The molecule has 4 nitrogen and oxygen atoms in total. The van der Waals surface area contributed by atoms with Crippen molar-refractivity contribution in [2.24, 2.45) is 11.8 Å². The molecular formula is C14H22N2O2S. The molecule has 5 heteroatoms. The summed E-state index contributed by atoms with van der Waals surface area (Å²) in [5.41, 5.74) is 1.16. The maximum atomic E-state index is 11.4. The molecular weight excluding hydrogens is 260 g/mol. The molecule has 1 unspecified atom stereocenters. The first kappa shape index (κ1) is 13.2. The van der Waals surface area contributed by atoms with E-state index in [1.54, 1.807) is 0 Å². The summed E-state index contributed by atoms with van der Waals surface area (Å²) in [5, 5.41) is 0. The van der Waals surface area contributed by atoms with Gasteiger partial charge in [-0.2, -0.15) is 0 Å². The molecule has 1 aromatic heterocycles. The van der Waals surface area contributed by atoms with Gasteiger partial charge in [-0.15, -0.1) is 0 Å². The molecule has 0 aliphatic carbocycles. The highest BCUT2D eigenvalue weighted by atomic mass is 32.2. The maximum Gasteiger partial charge on any atom is 0.150 e. The van der Waals surface area contributed by atoms with Gasteiger partial charge in [0.25, 0.3) is 0 Å². The Kier molecular flexibility index (Phi) is 3.41. The van der Waals surface area contributed by atoms with Gasteiger partial charge in [0.15, 0.2) is 0 Å². The van der Waals surface area contributed by atoms with Gasteiger partial charge < -0.3 is 4.57 Å². The molecule has 0 saturated carbocycles. The van der Waals surface area contributed by atoms with Crippen LogP contribution in [-0.2, 0) is 29.2 Å². The lowest BCUT2D eigenvalue weighted by Gasteiger charge is -2.20. The Labute approximate surface area is 115 Å². The van der Waals surface area contributed by atoms with Crippen LogP contribution < -0.4 is 0 Å². The zero-order valence-electron chi connectivity index (χ0n) is 11.5. The van der Waals surface area contributed by atoms with Gasteiger partial charge in [-0.25, -0.2) is 13.4 Å². The van der Waals surface area contributed by atoms with Crippen molar-refractivity contribution in [2.75, 3.05) is 11.5 Å². The summed E-state index contributed by atoms with van der Waals surface area (Å²) in [5.74, 6) is 3.18. The lowest BCUT2D eigenvalue weighted by Crippen LogP contribution is -2.24. The van der Waals surface area contributed by atoms with Crippen LogP contribution in [0.15, 0.2) is 6.20 Å². The zero-order chi connectivity index (χ0) is 13.5. The van der Waals surface area contributed by atoms with Crippen molar-refractivity contribution >= 4 is 9.84 Å². The fourth-order valence-corrected chi connectivity index (χ4v) is 4.77. The number of imidazole rings is 1. The molecule has 1 saturated heterocycles. The average molecular weight is 282 g/mol. The van der Waals surface area contributed by atoms with Gasteiger partial charge in [0.1, 0.15) is 15.7 Å². The molecule has 0 spiro atoms. The molecule has 2 aliphatic heterocycles. The van der Waals surface area contributed by atoms with Crippen LogP contribution in [-0.4, -0.2) is 29.5 Å². The van der Waals surface area contributed by atoms with Gasteiger partial charge >= 0.3 is 0 Å². The van der Waals surface area contributed by atoms with E-state index in [1.807, 2.05) is 0 Å². The number of nitrogens with zero attached hydrogens (tertiary/aromatic N) is 2. The topological polar surface area (TPSA) is 52.0 Å². The minimum atomic E-state index is -2.74. The molecule has 3 rings (SSSR count). The normalized spacial score (nSPS) is 27.1. The Bertz CT molecular complexity index is 548. The highest BCUT2D eigenvalue weighted by Gasteiger charge is 2.25. The van der Waals surface area contributed by atoms with Gasteiger partial charge in [0.05, 0.1) is 17.2 Å².